The summed E-state index contributed by atoms with van der Waals surface area (Å²) in [7, 11) is 0. The van der Waals surface area contributed by atoms with Crippen molar-refractivity contribution in [3.8, 4) is 6.07 Å². The van der Waals surface area contributed by atoms with E-state index in [1.807, 2.05) is 26.8 Å². The monoisotopic (exact) mass is 245 g/mol. The summed E-state index contributed by atoms with van der Waals surface area (Å²) >= 11 is 0. The number of rotatable bonds is 3. The van der Waals surface area contributed by atoms with Gasteiger partial charge >= 0.3 is 0 Å². The minimum atomic E-state index is -0.545. The summed E-state index contributed by atoms with van der Waals surface area (Å²) in [6.07, 6.45) is 0. The Kier molecular flexibility index (Phi) is 4.46. The standard InChI is InChI=1S/C14H19N3O/c1-14(2,3)12(16)13(18)17-9-11-6-4-5-10(7-11)8-15/h4-7,12H,9,16H2,1-3H3,(H,17,18). The molecule has 0 aliphatic rings. The van der Waals surface area contributed by atoms with Crippen molar-refractivity contribution in [1.29, 1.82) is 5.26 Å². The fraction of sp³-hybridized carbons (Fsp3) is 0.429. The molecule has 0 aliphatic heterocycles. The van der Waals surface area contributed by atoms with Crippen LogP contribution in [0.1, 0.15) is 31.9 Å². The fourth-order valence-electron chi connectivity index (χ4n) is 1.44. The van der Waals surface area contributed by atoms with Crippen molar-refractivity contribution >= 4 is 5.91 Å². The highest BCUT2D eigenvalue weighted by atomic mass is 16.2. The average molecular weight is 245 g/mol. The summed E-state index contributed by atoms with van der Waals surface area (Å²) in [5.74, 6) is -0.176. The van der Waals surface area contributed by atoms with E-state index in [1.165, 1.54) is 0 Å². The highest BCUT2D eigenvalue weighted by molar-refractivity contribution is 5.82. The largest absolute Gasteiger partial charge is 0.351 e. The Bertz CT molecular complexity index is 469. The van der Waals surface area contributed by atoms with Gasteiger partial charge < -0.3 is 11.1 Å². The van der Waals surface area contributed by atoms with Crippen LogP contribution in [0.15, 0.2) is 24.3 Å². The van der Waals surface area contributed by atoms with Crippen molar-refractivity contribution in [3.63, 3.8) is 0 Å². The maximum absolute atomic E-state index is 11.8. The maximum atomic E-state index is 11.8. The van der Waals surface area contributed by atoms with E-state index >= 15 is 0 Å². The van der Waals surface area contributed by atoms with E-state index in [0.29, 0.717) is 12.1 Å². The second-order valence-electron chi connectivity index (χ2n) is 5.37. The van der Waals surface area contributed by atoms with Crippen LogP contribution in [-0.2, 0) is 11.3 Å². The minimum absolute atomic E-state index is 0.176. The molecule has 1 aromatic carbocycles. The lowest BCUT2D eigenvalue weighted by molar-refractivity contribution is -0.124. The van der Waals surface area contributed by atoms with Gasteiger partial charge in [-0.15, -0.1) is 0 Å². The Morgan fingerprint density at radius 1 is 1.50 bits per heavy atom. The van der Waals surface area contributed by atoms with Crippen LogP contribution in [0, 0.1) is 16.7 Å². The number of hydrogen-bond donors (Lipinski definition) is 2. The molecule has 18 heavy (non-hydrogen) atoms. The van der Waals surface area contributed by atoms with E-state index in [-0.39, 0.29) is 11.3 Å². The summed E-state index contributed by atoms with van der Waals surface area (Å²) in [5, 5.41) is 11.6. The molecule has 3 N–H and O–H groups in total. The molecule has 0 spiro atoms. The lowest BCUT2D eigenvalue weighted by atomic mass is 9.87. The summed E-state index contributed by atoms with van der Waals surface area (Å²) in [6, 6.07) is 8.66. The molecule has 0 fully saturated rings. The van der Waals surface area contributed by atoms with E-state index < -0.39 is 6.04 Å². The van der Waals surface area contributed by atoms with Crippen LogP contribution in [0.5, 0.6) is 0 Å². The van der Waals surface area contributed by atoms with Crippen LogP contribution >= 0.6 is 0 Å². The number of nitrogens with one attached hydrogen (secondary N) is 1. The quantitative estimate of drug-likeness (QED) is 0.848. The van der Waals surface area contributed by atoms with Gasteiger partial charge in [0.25, 0.3) is 0 Å². The second kappa shape index (κ2) is 5.65. The van der Waals surface area contributed by atoms with Crippen molar-refractivity contribution < 1.29 is 4.79 Å². The maximum Gasteiger partial charge on any atom is 0.237 e. The zero-order chi connectivity index (χ0) is 13.8. The second-order valence-corrected chi connectivity index (χ2v) is 5.37. The molecule has 0 aromatic heterocycles. The van der Waals surface area contributed by atoms with Gasteiger partial charge in [-0.05, 0) is 23.1 Å². The number of amides is 1. The molecule has 1 atom stereocenters. The van der Waals surface area contributed by atoms with Crippen molar-refractivity contribution in [2.45, 2.75) is 33.4 Å². The summed E-state index contributed by atoms with van der Waals surface area (Å²) in [5.41, 5.74) is 7.06. The van der Waals surface area contributed by atoms with Gasteiger partial charge in [0.2, 0.25) is 5.91 Å². The first-order valence-electron chi connectivity index (χ1n) is 5.87. The van der Waals surface area contributed by atoms with Crippen molar-refractivity contribution in [2.75, 3.05) is 0 Å². The Labute approximate surface area is 108 Å². The van der Waals surface area contributed by atoms with Gasteiger partial charge in [-0.2, -0.15) is 5.26 Å². The molecule has 0 saturated carbocycles. The molecule has 96 valence electrons. The van der Waals surface area contributed by atoms with Crippen molar-refractivity contribution in [1.82, 2.24) is 5.32 Å². The molecule has 4 nitrogen and oxygen atoms in total. The normalized spacial score (nSPS) is 12.6. The summed E-state index contributed by atoms with van der Waals surface area (Å²) in [6.45, 7) is 6.16. The zero-order valence-corrected chi connectivity index (χ0v) is 11.0. The predicted octanol–water partition coefficient (Wildman–Crippen LogP) is 1.55. The molecule has 1 aromatic rings. The van der Waals surface area contributed by atoms with E-state index in [4.69, 9.17) is 11.0 Å². The molecular weight excluding hydrogens is 226 g/mol. The van der Waals surface area contributed by atoms with Crippen LogP contribution in [0.2, 0.25) is 0 Å². The number of carbonyl (C=O) groups excluding carboxylic acids is 1. The predicted molar refractivity (Wildman–Crippen MR) is 70.4 cm³/mol. The molecule has 0 aliphatic carbocycles. The number of nitrogens with zero attached hydrogens (tertiary/aromatic N) is 1. The van der Waals surface area contributed by atoms with Crippen molar-refractivity contribution in [3.05, 3.63) is 35.4 Å². The molecule has 1 unspecified atom stereocenters. The number of nitrogens with two attached hydrogens (primary N) is 1. The van der Waals surface area contributed by atoms with E-state index in [2.05, 4.69) is 11.4 Å². The molecule has 0 radical (unpaired) electrons. The molecule has 1 amide bonds. The van der Waals surface area contributed by atoms with Crippen molar-refractivity contribution in [2.24, 2.45) is 11.1 Å². The highest BCUT2D eigenvalue weighted by Gasteiger charge is 2.26. The lowest BCUT2D eigenvalue weighted by Crippen LogP contribution is -2.48. The SMILES string of the molecule is CC(C)(C)C(N)C(=O)NCc1cccc(C#N)c1. The van der Waals surface area contributed by atoms with E-state index in [0.717, 1.165) is 5.56 Å². The van der Waals surface area contributed by atoms with Crippen LogP contribution in [0.25, 0.3) is 0 Å². The number of carbonyl (C=O) groups is 1. The third-order valence-corrected chi connectivity index (χ3v) is 2.74. The molecule has 4 heteroatoms. The fourth-order valence-corrected chi connectivity index (χ4v) is 1.44. The van der Waals surface area contributed by atoms with Crippen LogP contribution in [0.3, 0.4) is 0 Å². The Hall–Kier alpha value is -1.86. The third-order valence-electron chi connectivity index (χ3n) is 2.74. The van der Waals surface area contributed by atoms with Gasteiger partial charge in [-0.25, -0.2) is 0 Å². The van der Waals surface area contributed by atoms with Gasteiger partial charge in [0, 0.05) is 6.54 Å². The number of benzene rings is 1. The molecule has 0 saturated heterocycles. The Balaban J connectivity index is 2.61. The average Bonchev–Trinajstić information content (AvgIpc) is 2.34. The van der Waals surface area contributed by atoms with Crippen LogP contribution < -0.4 is 11.1 Å². The van der Waals surface area contributed by atoms with E-state index in [9.17, 15) is 4.79 Å². The highest BCUT2D eigenvalue weighted by Crippen LogP contribution is 2.17. The van der Waals surface area contributed by atoms with Gasteiger partial charge in [0.15, 0.2) is 0 Å². The molecule has 1 rings (SSSR count). The smallest absolute Gasteiger partial charge is 0.237 e. The summed E-state index contributed by atoms with van der Waals surface area (Å²) in [4.78, 5) is 11.8. The van der Waals surface area contributed by atoms with Crippen LogP contribution in [-0.4, -0.2) is 11.9 Å². The van der Waals surface area contributed by atoms with Gasteiger partial charge in [-0.1, -0.05) is 32.9 Å². The van der Waals surface area contributed by atoms with Gasteiger partial charge in [-0.3, -0.25) is 4.79 Å². The van der Waals surface area contributed by atoms with Gasteiger partial charge in [0.1, 0.15) is 0 Å². The zero-order valence-electron chi connectivity index (χ0n) is 11.0. The number of nitriles is 1. The first-order chi connectivity index (χ1) is 8.34. The minimum Gasteiger partial charge on any atom is -0.351 e. The lowest BCUT2D eigenvalue weighted by Gasteiger charge is -2.25. The third kappa shape index (κ3) is 3.86. The first kappa shape index (κ1) is 14.2. The molecule has 0 bridgehead atoms. The van der Waals surface area contributed by atoms with E-state index in [1.54, 1.807) is 18.2 Å². The Morgan fingerprint density at radius 2 is 2.17 bits per heavy atom. The van der Waals surface area contributed by atoms with Gasteiger partial charge in [0.05, 0.1) is 17.7 Å². The molecular formula is C14H19N3O. The number of hydrogen-bond acceptors (Lipinski definition) is 3. The molecule has 0 heterocycles. The Morgan fingerprint density at radius 3 is 2.72 bits per heavy atom. The topological polar surface area (TPSA) is 78.9 Å². The first-order valence-corrected chi connectivity index (χ1v) is 5.87. The summed E-state index contributed by atoms with van der Waals surface area (Å²) < 4.78 is 0. The van der Waals surface area contributed by atoms with Crippen LogP contribution in [0.4, 0.5) is 0 Å².